The summed E-state index contributed by atoms with van der Waals surface area (Å²) in [5.74, 6) is 3.68. The summed E-state index contributed by atoms with van der Waals surface area (Å²) in [6, 6.07) is 114. The number of carbonyl (C=O) groups is 3. The number of rotatable bonds is 16. The summed E-state index contributed by atoms with van der Waals surface area (Å²) in [4.78, 5) is 36.0. The summed E-state index contributed by atoms with van der Waals surface area (Å²) in [7, 11) is 3.40. The Bertz CT molecular complexity index is 6550. The molecule has 18 heteroatoms. The third kappa shape index (κ3) is 21.8. The van der Waals surface area contributed by atoms with Crippen LogP contribution in [0, 0.1) is 25.5 Å². The fourth-order valence-corrected chi connectivity index (χ4v) is 14.4. The number of aliphatic hydroxyl groups excluding tert-OH is 1. The van der Waals surface area contributed by atoms with Gasteiger partial charge in [-0.2, -0.15) is 0 Å². The van der Waals surface area contributed by atoms with Gasteiger partial charge in [-0.05, 0) is 211 Å². The molecule has 0 aromatic heterocycles. The van der Waals surface area contributed by atoms with Crippen molar-refractivity contribution in [3.63, 3.8) is 0 Å². The zero-order chi connectivity index (χ0) is 82.2. The van der Waals surface area contributed by atoms with Gasteiger partial charge in [0.15, 0.2) is 11.6 Å². The number of halogens is 2. The van der Waals surface area contributed by atoms with Crippen molar-refractivity contribution in [3.05, 3.63) is 420 Å². The molecule has 0 spiro atoms. The molecule has 0 amide bonds. The maximum Gasteiger partial charge on any atom is 1.00 e. The molecule has 122 heavy (non-hydrogen) atoms. The fourth-order valence-electron chi connectivity index (χ4n) is 14.4. The summed E-state index contributed by atoms with van der Waals surface area (Å²) in [6.45, 7) is 3.87. The van der Waals surface area contributed by atoms with Gasteiger partial charge in [-0.15, -0.1) is 0 Å². The number of aliphatic hydroxyl groups is 1. The molecule has 0 bridgehead atoms. The number of carbonyl (C=O) groups excluding carboxylic acids is 3. The first-order valence-electron chi connectivity index (χ1n) is 37.9. The minimum absolute atomic E-state index is 0. The number of methoxy groups -OCH3 is 2. The van der Waals surface area contributed by atoms with E-state index in [2.05, 4.69) is 89.8 Å². The second kappa shape index (κ2) is 44.3. The molecule has 18 aromatic carbocycles. The number of ketones is 2. The number of phenols is 2. The van der Waals surface area contributed by atoms with Crippen LogP contribution in [0.15, 0.2) is 364 Å². The quantitative estimate of drug-likeness (QED) is 0.0274. The molecule has 12 nitrogen and oxygen atoms in total. The number of fused-ring (bicyclic) bond motifs is 6. The number of ether oxygens (including phenoxy) is 4. The van der Waals surface area contributed by atoms with Crippen molar-refractivity contribution in [1.29, 1.82) is 0 Å². The number of aromatic hydroxyl groups is 2. The van der Waals surface area contributed by atoms with Gasteiger partial charge in [0.05, 0.1) is 14.2 Å². The molecule has 0 aliphatic heterocycles. The Balaban J connectivity index is 0.000000208. The Hall–Kier alpha value is -10.8. The van der Waals surface area contributed by atoms with E-state index in [1.165, 1.54) is 54.1 Å². The van der Waals surface area contributed by atoms with E-state index in [-0.39, 0.29) is 173 Å². The maximum atomic E-state index is 13.0. The summed E-state index contributed by atoms with van der Waals surface area (Å²) in [5.41, 5.74) is 11.3. The van der Waals surface area contributed by atoms with Crippen LogP contribution in [0.4, 0.5) is 8.78 Å². The van der Waals surface area contributed by atoms with Crippen molar-refractivity contribution in [1.82, 2.24) is 0 Å². The summed E-state index contributed by atoms with van der Waals surface area (Å²) >= 11 is 0. The monoisotopic (exact) mass is 1670 g/mol. The Kier molecular flexibility index (Phi) is 34.0. The van der Waals surface area contributed by atoms with Crippen LogP contribution in [0.2, 0.25) is 0 Å². The van der Waals surface area contributed by atoms with Crippen molar-refractivity contribution in [2.45, 2.75) is 20.0 Å². The van der Waals surface area contributed by atoms with Crippen LogP contribution >= 0.6 is 0 Å². The largest absolute Gasteiger partial charge is 1.00 e. The predicted octanol–water partition coefficient (Wildman–Crippen LogP) is 15.4. The first-order valence-corrected chi connectivity index (χ1v) is 37.9. The number of phenolic OH excluding ortho intramolecular Hbond substituents is 2. The van der Waals surface area contributed by atoms with E-state index in [1.807, 2.05) is 232 Å². The van der Waals surface area contributed by atoms with Gasteiger partial charge < -0.3 is 47.3 Å². The molecule has 0 saturated carbocycles. The average Bonchev–Trinajstić information content (AvgIpc) is 0.745. The molecule has 0 aliphatic carbocycles. The standard InChI is InChI=1S/C35H28O3.C35H26O3.C20H14O2.C13H8F2O.CH2O3.B.2K.Na.2H/c2*1-23-11-13-26(14-12-23)35(36)27-15-19-28(20-16-27)38-32-22-18-25-8-4-6-10-30(25)34(32)33-29-9-5-3-7-24(29)17-21-31(33)37-2;21-17-11-9-13-5-1-3-7-15(13)19(17)20-16-8-4-2-6-14(16)10-12-18(20)22;14-11-5-1-9(2-6-11)13(16)10-3-7-12(15)8-4-10;2-1-4-3;;;;;;/h3-22,35-36H,1-2H3;3-22H,1-2H3;1-12,21-22H;1-8H;1,3H;;;;;;/q;;;;;;3*+1;2*-1/p-1. The van der Waals surface area contributed by atoms with Crippen molar-refractivity contribution in [2.75, 3.05) is 14.2 Å². The molecule has 1 unspecified atom stereocenters. The minimum atomic E-state index is -0.694. The van der Waals surface area contributed by atoms with Gasteiger partial charge in [0.2, 0.25) is 0 Å². The smallest absolute Gasteiger partial charge is 1.00 e. The molecule has 3 radical (unpaired) electrons. The van der Waals surface area contributed by atoms with E-state index in [0.29, 0.717) is 44.9 Å². The van der Waals surface area contributed by atoms with Crippen molar-refractivity contribution >= 4 is 91.1 Å². The van der Waals surface area contributed by atoms with E-state index in [4.69, 9.17) is 29.0 Å². The van der Waals surface area contributed by atoms with Gasteiger partial charge in [-0.3, -0.25) is 14.4 Å². The third-order valence-electron chi connectivity index (χ3n) is 20.3. The van der Waals surface area contributed by atoms with Crippen LogP contribution < -0.4 is 157 Å². The molecule has 0 saturated heterocycles. The zero-order valence-corrected chi connectivity index (χ0v) is 76.4. The Morgan fingerprint density at radius 2 is 0.566 bits per heavy atom. The maximum absolute atomic E-state index is 13.0. The number of benzene rings is 18. The van der Waals surface area contributed by atoms with Crippen molar-refractivity contribution in [2.24, 2.45) is 0 Å². The molecule has 0 heterocycles. The Labute approximate surface area is 817 Å². The predicted molar refractivity (Wildman–Crippen MR) is 471 cm³/mol. The minimum Gasteiger partial charge on any atom is -1.00 e. The van der Waals surface area contributed by atoms with Gasteiger partial charge in [-0.1, -0.05) is 254 Å². The zero-order valence-electron chi connectivity index (χ0n) is 70.1. The number of hydrogen-bond donors (Lipinski definition) is 3. The van der Waals surface area contributed by atoms with E-state index < -0.39 is 17.7 Å². The summed E-state index contributed by atoms with van der Waals surface area (Å²) in [6.07, 6.45) is -0.694. The van der Waals surface area contributed by atoms with Gasteiger partial charge in [-0.25, -0.2) is 8.78 Å². The van der Waals surface area contributed by atoms with Crippen LogP contribution in [0.5, 0.6) is 46.0 Å². The molecule has 0 fully saturated rings. The van der Waals surface area contributed by atoms with Gasteiger partial charge in [0.25, 0.3) is 6.47 Å². The van der Waals surface area contributed by atoms with Crippen molar-refractivity contribution in [3.8, 4) is 79.4 Å². The van der Waals surface area contributed by atoms with E-state index >= 15 is 0 Å². The van der Waals surface area contributed by atoms with Gasteiger partial charge in [0, 0.05) is 64.0 Å². The van der Waals surface area contributed by atoms with Crippen LogP contribution in [-0.2, 0) is 9.68 Å². The number of hydrogen-bond acceptors (Lipinski definition) is 12. The molecular formula is C104H79BF2K2NaO12. The van der Waals surface area contributed by atoms with Crippen LogP contribution in [0.3, 0.4) is 0 Å². The molecule has 18 aromatic rings. The molecule has 1 atom stereocenters. The van der Waals surface area contributed by atoms with Crippen LogP contribution in [-0.4, -0.2) is 56.0 Å². The second-order valence-electron chi connectivity index (χ2n) is 27.8. The van der Waals surface area contributed by atoms with E-state index in [0.717, 1.165) is 127 Å². The van der Waals surface area contributed by atoms with Gasteiger partial charge in [0.1, 0.15) is 63.7 Å². The first-order chi connectivity index (χ1) is 57.6. The molecule has 0 aliphatic rings. The molecule has 3 N–H and O–H groups in total. The first kappa shape index (κ1) is 93.5. The topological polar surface area (TPSA) is 181 Å². The molecule has 18 rings (SSSR count). The van der Waals surface area contributed by atoms with E-state index in [9.17, 15) is 33.7 Å². The third-order valence-corrected chi connectivity index (χ3v) is 20.3. The fraction of sp³-hybridized carbons (Fsp3) is 0.0481. The second-order valence-corrected chi connectivity index (χ2v) is 27.8. The van der Waals surface area contributed by atoms with Gasteiger partial charge >= 0.3 is 132 Å². The Morgan fingerprint density at radius 3 is 0.861 bits per heavy atom. The average molecular weight is 1670 g/mol. The van der Waals surface area contributed by atoms with Crippen LogP contribution in [0.1, 0.15) is 63.1 Å². The molecular weight excluding hydrogens is 1590 g/mol. The summed E-state index contributed by atoms with van der Waals surface area (Å²) < 4.78 is 50.1. The van der Waals surface area contributed by atoms with Crippen molar-refractivity contribution < 1.29 is 203 Å². The Morgan fingerprint density at radius 1 is 0.336 bits per heavy atom. The SMILES string of the molecule is COc1ccc2ccccc2c1-c1c(Oc2ccc(C(=O)c3ccc(C)cc3)cc2)ccc2ccccc12.COc1ccc2ccccc2c1-c1c(Oc2ccc(C(O)c3ccc(C)cc3)cc2)ccc2ccccc12.O=C(c1ccc(F)cc1)c1ccc(F)cc1.O=CO[O-].Oc1ccc2ccccc2c1-c1c(O)ccc2ccccc12.[B].[H-].[H-].[K+].[K+].[Na+]. The normalized spacial score (nSPS) is 10.7. The number of aryl methyl sites for hydroxylation is 2. The van der Waals surface area contributed by atoms with E-state index in [1.54, 1.807) is 26.4 Å². The summed E-state index contributed by atoms with van der Waals surface area (Å²) in [5, 5.41) is 52.9. The van der Waals surface area contributed by atoms with Crippen LogP contribution in [0.25, 0.3) is 98.0 Å². The molecule has 587 valence electrons.